The predicted octanol–water partition coefficient (Wildman–Crippen LogP) is 3.83. The molecule has 1 fully saturated rings. The van der Waals surface area contributed by atoms with Crippen LogP contribution in [-0.4, -0.2) is 36.8 Å². The lowest BCUT2D eigenvalue weighted by Gasteiger charge is -2.28. The number of ether oxygens (including phenoxy) is 3. The van der Waals surface area contributed by atoms with Gasteiger partial charge < -0.3 is 19.9 Å². The summed E-state index contributed by atoms with van der Waals surface area (Å²) in [4.78, 5) is 33.8. The van der Waals surface area contributed by atoms with Gasteiger partial charge in [-0.2, -0.15) is 0 Å². The number of carbonyl (C=O) groups is 3. The first kappa shape index (κ1) is 25.2. The van der Waals surface area contributed by atoms with Crippen molar-refractivity contribution in [2.75, 3.05) is 13.2 Å². The quantitative estimate of drug-likeness (QED) is 0.422. The monoisotopic (exact) mass is 387 g/mol. The average Bonchev–Trinajstić information content (AvgIpc) is 2.52. The molecule has 0 aromatic heterocycles. The topological polar surface area (TPSA) is 105 Å². The second-order valence-electron chi connectivity index (χ2n) is 7.95. The molecule has 7 heteroatoms. The molecule has 0 bridgehead atoms. The zero-order valence-electron chi connectivity index (χ0n) is 17.7. The number of rotatable bonds is 6. The molecule has 1 aliphatic rings. The molecule has 2 N–H and O–H groups in total. The Hall–Kier alpha value is -1.79. The Morgan fingerprint density at radius 2 is 1.41 bits per heavy atom. The molecule has 0 spiro atoms. The summed E-state index contributed by atoms with van der Waals surface area (Å²) in [5.41, 5.74) is 4.26. The molecule has 0 aromatic carbocycles. The van der Waals surface area contributed by atoms with Crippen molar-refractivity contribution in [3.05, 3.63) is 0 Å². The van der Waals surface area contributed by atoms with E-state index < -0.39 is 29.6 Å². The second kappa shape index (κ2) is 12.6. The molecule has 0 unspecified atom stereocenters. The molecule has 0 atom stereocenters. The van der Waals surface area contributed by atoms with Crippen molar-refractivity contribution >= 4 is 18.0 Å². The normalized spacial score (nSPS) is 19.5. The smallest absolute Gasteiger partial charge is 0.405 e. The molecule has 0 saturated heterocycles. The third kappa shape index (κ3) is 12.3. The maximum absolute atomic E-state index is 11.9. The Bertz CT molecular complexity index is 446. The van der Waals surface area contributed by atoms with Crippen LogP contribution in [0.5, 0.6) is 0 Å². The van der Waals surface area contributed by atoms with Gasteiger partial charge in [0.05, 0.1) is 13.2 Å². The van der Waals surface area contributed by atoms with Gasteiger partial charge in [-0.25, -0.2) is 4.79 Å². The largest absolute Gasteiger partial charge is 0.465 e. The summed E-state index contributed by atoms with van der Waals surface area (Å²) in [6.45, 7) is 11.6. The van der Waals surface area contributed by atoms with Crippen molar-refractivity contribution in [1.29, 1.82) is 0 Å². The van der Waals surface area contributed by atoms with Gasteiger partial charge in [0, 0.05) is 0 Å². The minimum atomic E-state index is -0.738. The summed E-state index contributed by atoms with van der Waals surface area (Å²) < 4.78 is 14.6. The summed E-state index contributed by atoms with van der Waals surface area (Å²) in [6, 6.07) is 0. The van der Waals surface area contributed by atoms with E-state index in [-0.39, 0.29) is 0 Å². The van der Waals surface area contributed by atoms with Gasteiger partial charge in [0.15, 0.2) is 5.92 Å². The highest BCUT2D eigenvalue weighted by Gasteiger charge is 2.33. The van der Waals surface area contributed by atoms with Crippen LogP contribution in [0, 0.1) is 17.8 Å². The number of amides is 1. The SMILES string of the molecule is CC(C)(C)OC(N)=O.CCOC(=O)C(CC1CCC(C)CC1)C(=O)OCC. The molecule has 27 heavy (non-hydrogen) atoms. The lowest BCUT2D eigenvalue weighted by atomic mass is 9.78. The van der Waals surface area contributed by atoms with Crippen molar-refractivity contribution in [1.82, 2.24) is 0 Å². The molecule has 158 valence electrons. The van der Waals surface area contributed by atoms with Crippen LogP contribution in [0.25, 0.3) is 0 Å². The van der Waals surface area contributed by atoms with E-state index in [1.807, 2.05) is 0 Å². The van der Waals surface area contributed by atoms with E-state index >= 15 is 0 Å². The van der Waals surface area contributed by atoms with Crippen molar-refractivity contribution < 1.29 is 28.6 Å². The Balaban J connectivity index is 0.000000713. The van der Waals surface area contributed by atoms with E-state index in [2.05, 4.69) is 11.7 Å². The molecule has 7 nitrogen and oxygen atoms in total. The lowest BCUT2D eigenvalue weighted by molar-refractivity contribution is -0.162. The maximum atomic E-state index is 11.9. The minimum absolute atomic E-state index is 0.302. The fourth-order valence-corrected chi connectivity index (χ4v) is 2.97. The fourth-order valence-electron chi connectivity index (χ4n) is 2.97. The molecule has 1 aliphatic carbocycles. The number of nitrogens with two attached hydrogens (primary N) is 1. The summed E-state index contributed by atoms with van der Waals surface area (Å²) in [6.07, 6.45) is 4.40. The first-order valence-electron chi connectivity index (χ1n) is 9.81. The molecule has 0 aromatic rings. The maximum Gasteiger partial charge on any atom is 0.405 e. The molecule has 0 aliphatic heterocycles. The highest BCUT2D eigenvalue weighted by atomic mass is 16.6. The van der Waals surface area contributed by atoms with Crippen molar-refractivity contribution in [2.24, 2.45) is 23.5 Å². The van der Waals surface area contributed by atoms with Crippen LogP contribution in [0.2, 0.25) is 0 Å². The van der Waals surface area contributed by atoms with Crippen LogP contribution in [0.1, 0.15) is 73.6 Å². The molecule has 1 amide bonds. The summed E-state index contributed by atoms with van der Waals surface area (Å²) >= 11 is 0. The number of carbonyl (C=O) groups excluding carboxylic acids is 3. The van der Waals surface area contributed by atoms with E-state index in [1.54, 1.807) is 34.6 Å². The van der Waals surface area contributed by atoms with E-state index in [4.69, 9.17) is 15.2 Å². The van der Waals surface area contributed by atoms with Crippen LogP contribution >= 0.6 is 0 Å². The predicted molar refractivity (Wildman–Crippen MR) is 103 cm³/mol. The third-order valence-corrected chi connectivity index (χ3v) is 4.25. The number of esters is 2. The molecule has 1 saturated carbocycles. The van der Waals surface area contributed by atoms with Crippen LogP contribution in [0.3, 0.4) is 0 Å². The van der Waals surface area contributed by atoms with Crippen LogP contribution < -0.4 is 5.73 Å². The Labute approximate surface area is 163 Å². The molecule has 0 heterocycles. The highest BCUT2D eigenvalue weighted by molar-refractivity contribution is 5.94. The van der Waals surface area contributed by atoms with Gasteiger partial charge in [-0.3, -0.25) is 9.59 Å². The second-order valence-corrected chi connectivity index (χ2v) is 7.95. The standard InChI is InChI=1S/C15H26O4.C5H11NO2/c1-4-18-14(16)13(15(17)19-5-2)10-12-8-6-11(3)7-9-12;1-5(2,3)8-4(6)7/h11-13H,4-10H2,1-3H3;1-3H3,(H2,6,7). The van der Waals surface area contributed by atoms with Gasteiger partial charge >= 0.3 is 18.0 Å². The fraction of sp³-hybridized carbons (Fsp3) is 0.850. The first-order chi connectivity index (χ1) is 12.5. The lowest BCUT2D eigenvalue weighted by Crippen LogP contribution is -2.31. The first-order valence-corrected chi connectivity index (χ1v) is 9.81. The van der Waals surface area contributed by atoms with Crippen LogP contribution in [-0.2, 0) is 23.8 Å². The number of hydrogen-bond acceptors (Lipinski definition) is 6. The van der Waals surface area contributed by atoms with Crippen LogP contribution in [0.4, 0.5) is 4.79 Å². The number of primary amides is 1. The van der Waals surface area contributed by atoms with Gasteiger partial charge in [0.1, 0.15) is 5.60 Å². The summed E-state index contributed by atoms with van der Waals surface area (Å²) in [5, 5.41) is 0. The van der Waals surface area contributed by atoms with Gasteiger partial charge in [0.2, 0.25) is 0 Å². The van der Waals surface area contributed by atoms with E-state index in [9.17, 15) is 14.4 Å². The zero-order valence-corrected chi connectivity index (χ0v) is 17.7. The highest BCUT2D eigenvalue weighted by Crippen LogP contribution is 2.33. The van der Waals surface area contributed by atoms with Gasteiger partial charge in [-0.1, -0.05) is 32.6 Å². The van der Waals surface area contributed by atoms with E-state index in [1.165, 1.54) is 12.8 Å². The van der Waals surface area contributed by atoms with Crippen molar-refractivity contribution in [2.45, 2.75) is 79.2 Å². The van der Waals surface area contributed by atoms with E-state index in [0.29, 0.717) is 25.6 Å². The third-order valence-electron chi connectivity index (χ3n) is 4.25. The van der Waals surface area contributed by atoms with Crippen molar-refractivity contribution in [3.8, 4) is 0 Å². The average molecular weight is 388 g/mol. The Morgan fingerprint density at radius 3 is 1.70 bits per heavy atom. The van der Waals surface area contributed by atoms with Crippen molar-refractivity contribution in [3.63, 3.8) is 0 Å². The van der Waals surface area contributed by atoms with Gasteiger partial charge in [-0.05, 0) is 52.9 Å². The molecule has 1 rings (SSSR count). The zero-order chi connectivity index (χ0) is 21.0. The minimum Gasteiger partial charge on any atom is -0.465 e. The summed E-state index contributed by atoms with van der Waals surface area (Å²) in [7, 11) is 0. The number of hydrogen-bond donors (Lipinski definition) is 1. The van der Waals surface area contributed by atoms with Gasteiger partial charge in [-0.15, -0.1) is 0 Å². The molecular formula is C20H37NO6. The Morgan fingerprint density at radius 1 is 0.963 bits per heavy atom. The van der Waals surface area contributed by atoms with Gasteiger partial charge in [0.25, 0.3) is 0 Å². The molecular weight excluding hydrogens is 350 g/mol. The molecule has 0 radical (unpaired) electrons. The Kier molecular flexibility index (Phi) is 11.7. The van der Waals surface area contributed by atoms with E-state index in [0.717, 1.165) is 18.8 Å². The summed E-state index contributed by atoms with van der Waals surface area (Å²) in [5.74, 6) is -0.396. The van der Waals surface area contributed by atoms with Crippen LogP contribution in [0.15, 0.2) is 0 Å².